The molecule has 2 aliphatic rings. The van der Waals surface area contributed by atoms with Gasteiger partial charge in [-0.3, -0.25) is 4.79 Å². The smallest absolute Gasteiger partial charge is 0.252 e. The van der Waals surface area contributed by atoms with E-state index < -0.39 is 9.84 Å². The van der Waals surface area contributed by atoms with Crippen molar-refractivity contribution in [1.82, 2.24) is 0 Å². The van der Waals surface area contributed by atoms with Gasteiger partial charge in [-0.1, -0.05) is 57.5 Å². The molecule has 0 saturated carbocycles. The van der Waals surface area contributed by atoms with Crippen LogP contribution < -0.4 is 4.90 Å². The number of rotatable bonds is 3. The number of nitrogens with zero attached hydrogens (tertiary/aromatic N) is 2. The molecule has 2 atom stereocenters. The monoisotopic (exact) mass is 498 g/mol. The molecule has 2 aliphatic heterocycles. The van der Waals surface area contributed by atoms with Crippen molar-refractivity contribution in [3.63, 3.8) is 0 Å². The van der Waals surface area contributed by atoms with Crippen molar-refractivity contribution in [2.24, 2.45) is 4.99 Å². The van der Waals surface area contributed by atoms with E-state index >= 15 is 0 Å². The lowest BCUT2D eigenvalue weighted by Crippen LogP contribution is -2.37. The molecule has 1 amide bonds. The second kappa shape index (κ2) is 7.82. The number of thioether (sulfide) groups is 1. The summed E-state index contributed by atoms with van der Waals surface area (Å²) in [6.07, 6.45) is 0.168. The highest BCUT2D eigenvalue weighted by atomic mass is 79.9. The van der Waals surface area contributed by atoms with Crippen LogP contribution in [-0.4, -0.2) is 42.3 Å². The third-order valence-electron chi connectivity index (χ3n) is 4.64. The van der Waals surface area contributed by atoms with E-state index in [4.69, 9.17) is 11.6 Å². The summed E-state index contributed by atoms with van der Waals surface area (Å²) in [6, 6.07) is 14.5. The molecule has 9 heteroatoms. The van der Waals surface area contributed by atoms with Gasteiger partial charge in [0.25, 0.3) is 5.91 Å². The van der Waals surface area contributed by atoms with Crippen LogP contribution in [0.2, 0.25) is 5.02 Å². The molecule has 5 nitrogen and oxygen atoms in total. The van der Waals surface area contributed by atoms with Crippen molar-refractivity contribution < 1.29 is 13.2 Å². The van der Waals surface area contributed by atoms with Crippen LogP contribution >= 0.6 is 39.3 Å². The second-order valence-corrected chi connectivity index (χ2v) is 11.5. The summed E-state index contributed by atoms with van der Waals surface area (Å²) >= 11 is 10.7. The second-order valence-electron chi connectivity index (χ2n) is 6.74. The minimum Gasteiger partial charge on any atom is -0.316 e. The fourth-order valence-electron chi connectivity index (χ4n) is 3.42. The molecule has 28 heavy (non-hydrogen) atoms. The summed E-state index contributed by atoms with van der Waals surface area (Å²) in [7, 11) is -3.09. The van der Waals surface area contributed by atoms with E-state index in [0.717, 1.165) is 15.7 Å². The number of anilines is 1. The van der Waals surface area contributed by atoms with Gasteiger partial charge in [-0.2, -0.15) is 4.99 Å². The Morgan fingerprint density at radius 2 is 1.96 bits per heavy atom. The van der Waals surface area contributed by atoms with E-state index in [9.17, 15) is 13.2 Å². The van der Waals surface area contributed by atoms with Crippen LogP contribution in [0.25, 0.3) is 0 Å². The SMILES string of the molecule is O=C(Cc1ccc(Cl)cc1)N=C1S[C@H]2CS(=O)(=O)C[C@@H]2N1c1cccc(Br)c1. The average molecular weight is 500 g/mol. The van der Waals surface area contributed by atoms with Gasteiger partial charge < -0.3 is 4.90 Å². The Kier molecular flexibility index (Phi) is 5.57. The maximum Gasteiger partial charge on any atom is 0.252 e. The van der Waals surface area contributed by atoms with E-state index in [0.29, 0.717) is 10.2 Å². The molecule has 2 heterocycles. The Labute approximate surface area is 181 Å². The average Bonchev–Trinajstić information content (AvgIpc) is 3.07. The molecule has 0 aromatic heterocycles. The zero-order valence-corrected chi connectivity index (χ0v) is 18.6. The molecule has 2 aromatic rings. The van der Waals surface area contributed by atoms with Crippen LogP contribution in [0.15, 0.2) is 58.0 Å². The number of fused-ring (bicyclic) bond motifs is 1. The third-order valence-corrected chi connectivity index (χ3v) is 8.60. The third kappa shape index (κ3) is 4.30. The number of halogens is 2. The van der Waals surface area contributed by atoms with Gasteiger partial charge in [0.1, 0.15) is 0 Å². The van der Waals surface area contributed by atoms with E-state index in [2.05, 4.69) is 20.9 Å². The van der Waals surface area contributed by atoms with Crippen LogP contribution in [-0.2, 0) is 21.1 Å². The van der Waals surface area contributed by atoms with Gasteiger partial charge in [0.2, 0.25) is 0 Å². The highest BCUT2D eigenvalue weighted by molar-refractivity contribution is 9.10. The van der Waals surface area contributed by atoms with Crippen LogP contribution in [0.1, 0.15) is 5.56 Å². The summed E-state index contributed by atoms with van der Waals surface area (Å²) in [6.45, 7) is 0. The molecule has 2 aromatic carbocycles. The summed E-state index contributed by atoms with van der Waals surface area (Å²) in [5.41, 5.74) is 1.66. The van der Waals surface area contributed by atoms with Gasteiger partial charge >= 0.3 is 0 Å². The summed E-state index contributed by atoms with van der Waals surface area (Å²) in [5.74, 6) is -0.0913. The Morgan fingerprint density at radius 3 is 2.68 bits per heavy atom. The van der Waals surface area contributed by atoms with E-state index in [1.54, 1.807) is 24.3 Å². The van der Waals surface area contributed by atoms with Crippen LogP contribution in [0.5, 0.6) is 0 Å². The first-order chi connectivity index (χ1) is 13.3. The Balaban J connectivity index is 1.63. The van der Waals surface area contributed by atoms with Gasteiger partial charge in [-0.05, 0) is 35.9 Å². The van der Waals surface area contributed by atoms with E-state index in [1.165, 1.54) is 11.8 Å². The predicted octanol–water partition coefficient (Wildman–Crippen LogP) is 3.95. The molecule has 0 bridgehead atoms. The molecule has 4 rings (SSSR count). The first-order valence-electron chi connectivity index (χ1n) is 8.58. The van der Waals surface area contributed by atoms with Crippen molar-refractivity contribution in [2.45, 2.75) is 17.7 Å². The maximum atomic E-state index is 12.6. The predicted molar refractivity (Wildman–Crippen MR) is 118 cm³/mol. The van der Waals surface area contributed by atoms with E-state index in [1.807, 2.05) is 29.2 Å². The summed E-state index contributed by atoms with van der Waals surface area (Å²) in [5, 5.41) is 1.05. The van der Waals surface area contributed by atoms with E-state index in [-0.39, 0.29) is 35.1 Å². The van der Waals surface area contributed by atoms with Crippen molar-refractivity contribution >= 4 is 65.9 Å². The number of carbonyl (C=O) groups excluding carboxylic acids is 1. The zero-order valence-electron chi connectivity index (χ0n) is 14.6. The van der Waals surface area contributed by atoms with Crippen molar-refractivity contribution in [3.8, 4) is 0 Å². The molecule has 0 N–H and O–H groups in total. The number of amidine groups is 1. The van der Waals surface area contributed by atoms with Crippen molar-refractivity contribution in [2.75, 3.05) is 16.4 Å². The first-order valence-corrected chi connectivity index (χ1v) is 12.5. The van der Waals surface area contributed by atoms with Gasteiger partial charge in [0, 0.05) is 20.4 Å². The lowest BCUT2D eigenvalue weighted by atomic mass is 10.1. The topological polar surface area (TPSA) is 66.8 Å². The van der Waals surface area contributed by atoms with Gasteiger partial charge in [-0.15, -0.1) is 0 Å². The molecule has 2 fully saturated rings. The Morgan fingerprint density at radius 1 is 1.21 bits per heavy atom. The Bertz CT molecular complexity index is 1060. The van der Waals surface area contributed by atoms with Crippen LogP contribution in [0.4, 0.5) is 5.69 Å². The minimum absolute atomic E-state index is 0.0710. The molecular formula is C19H16BrClN2O3S2. The molecule has 0 unspecified atom stereocenters. The fourth-order valence-corrected chi connectivity index (χ4v) is 7.86. The number of benzene rings is 2. The molecule has 0 aliphatic carbocycles. The quantitative estimate of drug-likeness (QED) is 0.640. The number of sulfone groups is 1. The van der Waals surface area contributed by atoms with Crippen LogP contribution in [0.3, 0.4) is 0 Å². The number of amides is 1. The number of carbonyl (C=O) groups is 1. The lowest BCUT2D eigenvalue weighted by molar-refractivity contribution is -0.117. The largest absolute Gasteiger partial charge is 0.316 e. The van der Waals surface area contributed by atoms with Gasteiger partial charge in [-0.25, -0.2) is 8.42 Å². The highest BCUT2D eigenvalue weighted by Crippen LogP contribution is 2.41. The summed E-state index contributed by atoms with van der Waals surface area (Å²) in [4.78, 5) is 18.8. The molecule has 146 valence electrons. The molecule has 0 radical (unpaired) electrons. The summed E-state index contributed by atoms with van der Waals surface area (Å²) < 4.78 is 25.1. The number of aliphatic imine (C=N–C) groups is 1. The standard InChI is InChI=1S/C19H16BrClN2O3S2/c20-13-2-1-3-15(9-13)23-16-10-28(25,26)11-17(16)27-19(23)22-18(24)8-12-4-6-14(21)7-5-12/h1-7,9,16-17H,8,10-11H2/t16-,17-/m0/s1. The van der Waals surface area contributed by atoms with Crippen molar-refractivity contribution in [3.05, 3.63) is 63.6 Å². The fraction of sp³-hybridized carbons (Fsp3) is 0.263. The number of hydrogen-bond acceptors (Lipinski definition) is 4. The maximum absolute atomic E-state index is 12.6. The van der Waals surface area contributed by atoms with Crippen LogP contribution in [0, 0.1) is 0 Å². The zero-order chi connectivity index (χ0) is 19.9. The lowest BCUT2D eigenvalue weighted by Gasteiger charge is -2.24. The molecule has 0 spiro atoms. The number of hydrogen-bond donors (Lipinski definition) is 0. The first kappa shape index (κ1) is 19.9. The normalized spacial score (nSPS) is 24.5. The highest BCUT2D eigenvalue weighted by Gasteiger charge is 2.49. The van der Waals surface area contributed by atoms with Crippen molar-refractivity contribution in [1.29, 1.82) is 0 Å². The molecular weight excluding hydrogens is 484 g/mol. The Hall–Kier alpha value is -1.35. The van der Waals surface area contributed by atoms with Gasteiger partial charge in [0.05, 0.1) is 24.0 Å². The minimum atomic E-state index is -3.09. The van der Waals surface area contributed by atoms with Gasteiger partial charge in [0.15, 0.2) is 15.0 Å². The molecule has 2 saturated heterocycles.